The molecule has 0 atom stereocenters. The molecule has 1 aromatic rings. The van der Waals surface area contributed by atoms with Gasteiger partial charge in [0.1, 0.15) is 5.82 Å². The molecule has 5 heteroatoms. The van der Waals surface area contributed by atoms with E-state index in [0.717, 1.165) is 0 Å². The smallest absolute Gasteiger partial charge is 0.254 e. The van der Waals surface area contributed by atoms with Crippen LogP contribution in [0.5, 0.6) is 0 Å². The summed E-state index contributed by atoms with van der Waals surface area (Å²) in [7, 11) is 1.71. The summed E-state index contributed by atoms with van der Waals surface area (Å²) in [6.45, 7) is 3.88. The lowest BCUT2D eigenvalue weighted by Gasteiger charge is -2.34. The molecular formula is C12H14Br2FNO. The molecule has 17 heavy (non-hydrogen) atoms. The molecule has 0 N–H and O–H groups in total. The fraction of sp³-hybridized carbons (Fsp3) is 0.417. The number of hydrogen-bond donors (Lipinski definition) is 0. The van der Waals surface area contributed by atoms with E-state index in [2.05, 4.69) is 31.9 Å². The Kier molecular flexibility index (Phi) is 4.72. The molecule has 0 aliphatic rings. The van der Waals surface area contributed by atoms with E-state index < -0.39 is 5.82 Å². The molecule has 1 rings (SSSR count). The minimum absolute atomic E-state index is 0.194. The van der Waals surface area contributed by atoms with Gasteiger partial charge in [-0.05, 0) is 48.0 Å². The van der Waals surface area contributed by atoms with Crippen molar-refractivity contribution in [2.24, 2.45) is 0 Å². The standard InChI is InChI=1S/C12H14Br2FNO/c1-12(2,7-13)16(3)11(17)8-4-5-9(14)10(15)6-8/h4-6H,7H2,1-3H3. The van der Waals surface area contributed by atoms with Gasteiger partial charge in [-0.3, -0.25) is 4.79 Å². The molecule has 1 aromatic carbocycles. The van der Waals surface area contributed by atoms with Gasteiger partial charge in [-0.15, -0.1) is 0 Å². The molecule has 0 bridgehead atoms. The van der Waals surface area contributed by atoms with E-state index in [1.54, 1.807) is 18.0 Å². The number of halogens is 3. The van der Waals surface area contributed by atoms with Gasteiger partial charge in [0.2, 0.25) is 0 Å². The quantitative estimate of drug-likeness (QED) is 0.744. The Morgan fingerprint density at radius 2 is 2.06 bits per heavy atom. The van der Waals surface area contributed by atoms with E-state index in [1.165, 1.54) is 12.1 Å². The minimum atomic E-state index is -0.430. The van der Waals surface area contributed by atoms with E-state index in [9.17, 15) is 9.18 Å². The second-order valence-electron chi connectivity index (χ2n) is 4.44. The molecule has 0 fully saturated rings. The van der Waals surface area contributed by atoms with Crippen LogP contribution in [-0.4, -0.2) is 28.7 Å². The van der Waals surface area contributed by atoms with Crippen LogP contribution in [0.15, 0.2) is 22.7 Å². The number of benzene rings is 1. The third kappa shape index (κ3) is 3.28. The van der Waals surface area contributed by atoms with Crippen LogP contribution < -0.4 is 0 Å². The normalized spacial score (nSPS) is 11.4. The first-order chi connectivity index (χ1) is 7.79. The van der Waals surface area contributed by atoms with Crippen molar-refractivity contribution >= 4 is 37.8 Å². The Bertz CT molecular complexity index is 435. The van der Waals surface area contributed by atoms with Gasteiger partial charge in [-0.25, -0.2) is 4.39 Å². The van der Waals surface area contributed by atoms with Gasteiger partial charge in [-0.1, -0.05) is 15.9 Å². The number of nitrogens with zero attached hydrogens (tertiary/aromatic N) is 1. The Hall–Kier alpha value is -0.420. The predicted molar refractivity (Wildman–Crippen MR) is 74.1 cm³/mol. The average molecular weight is 367 g/mol. The summed E-state index contributed by atoms with van der Waals surface area (Å²) < 4.78 is 13.7. The lowest BCUT2D eigenvalue weighted by molar-refractivity contribution is 0.0663. The second-order valence-corrected chi connectivity index (χ2v) is 5.85. The van der Waals surface area contributed by atoms with Crippen molar-refractivity contribution in [3.05, 3.63) is 34.1 Å². The maximum absolute atomic E-state index is 13.4. The Labute approximate surface area is 117 Å². The Balaban J connectivity index is 3.01. The Morgan fingerprint density at radius 3 is 2.53 bits per heavy atom. The zero-order valence-electron chi connectivity index (χ0n) is 9.93. The summed E-state index contributed by atoms with van der Waals surface area (Å²) in [6.07, 6.45) is 0. The third-order valence-electron chi connectivity index (χ3n) is 2.71. The van der Waals surface area contributed by atoms with E-state index in [4.69, 9.17) is 0 Å². The van der Waals surface area contributed by atoms with Crippen molar-refractivity contribution < 1.29 is 9.18 Å². The molecule has 0 heterocycles. The van der Waals surface area contributed by atoms with Crippen molar-refractivity contribution in [3.63, 3.8) is 0 Å². The summed E-state index contributed by atoms with van der Waals surface area (Å²) in [4.78, 5) is 13.7. The zero-order valence-corrected chi connectivity index (χ0v) is 13.1. The van der Waals surface area contributed by atoms with Gasteiger partial charge in [0.15, 0.2) is 0 Å². The molecule has 0 aliphatic heterocycles. The summed E-state index contributed by atoms with van der Waals surface area (Å²) >= 11 is 6.42. The summed E-state index contributed by atoms with van der Waals surface area (Å²) in [5.74, 6) is -0.623. The van der Waals surface area contributed by atoms with Crippen molar-refractivity contribution in [1.29, 1.82) is 0 Å². The van der Waals surface area contributed by atoms with Crippen LogP contribution in [0.1, 0.15) is 24.2 Å². The topological polar surface area (TPSA) is 20.3 Å². The molecule has 0 aliphatic carbocycles. The molecule has 0 radical (unpaired) electrons. The van der Waals surface area contributed by atoms with Gasteiger partial charge in [0.25, 0.3) is 5.91 Å². The van der Waals surface area contributed by atoms with Crippen LogP contribution in [0.3, 0.4) is 0 Å². The fourth-order valence-corrected chi connectivity index (χ4v) is 1.81. The van der Waals surface area contributed by atoms with Gasteiger partial charge < -0.3 is 4.90 Å². The van der Waals surface area contributed by atoms with Crippen molar-refractivity contribution in [1.82, 2.24) is 4.90 Å². The molecule has 94 valence electrons. The second kappa shape index (κ2) is 5.48. The summed E-state index contributed by atoms with van der Waals surface area (Å²) in [5.41, 5.74) is 0.0305. The molecule has 0 saturated carbocycles. The molecule has 0 spiro atoms. The van der Waals surface area contributed by atoms with Crippen LogP contribution >= 0.6 is 31.9 Å². The predicted octanol–water partition coefficient (Wildman–Crippen LogP) is 3.83. The average Bonchev–Trinajstić information content (AvgIpc) is 2.30. The van der Waals surface area contributed by atoms with Gasteiger partial charge in [-0.2, -0.15) is 0 Å². The van der Waals surface area contributed by atoms with Gasteiger partial charge >= 0.3 is 0 Å². The lowest BCUT2D eigenvalue weighted by atomic mass is 10.1. The molecule has 1 amide bonds. The first-order valence-corrected chi connectivity index (χ1v) is 7.00. The van der Waals surface area contributed by atoms with E-state index in [-0.39, 0.29) is 11.4 Å². The number of carbonyl (C=O) groups is 1. The highest BCUT2D eigenvalue weighted by Crippen LogP contribution is 2.21. The highest BCUT2D eigenvalue weighted by Gasteiger charge is 2.27. The number of rotatable bonds is 3. The van der Waals surface area contributed by atoms with Crippen LogP contribution in [0.4, 0.5) is 4.39 Å². The number of amides is 1. The molecule has 2 nitrogen and oxygen atoms in total. The summed E-state index contributed by atoms with van der Waals surface area (Å²) in [5, 5.41) is 0.654. The minimum Gasteiger partial charge on any atom is -0.336 e. The van der Waals surface area contributed by atoms with Crippen LogP contribution in [0.25, 0.3) is 0 Å². The first kappa shape index (κ1) is 14.6. The van der Waals surface area contributed by atoms with Crippen molar-refractivity contribution in [3.8, 4) is 0 Å². The number of hydrogen-bond acceptors (Lipinski definition) is 1. The molecular weight excluding hydrogens is 353 g/mol. The van der Waals surface area contributed by atoms with Crippen molar-refractivity contribution in [2.75, 3.05) is 12.4 Å². The highest BCUT2D eigenvalue weighted by atomic mass is 79.9. The monoisotopic (exact) mass is 365 g/mol. The van der Waals surface area contributed by atoms with E-state index in [1.807, 2.05) is 13.8 Å². The largest absolute Gasteiger partial charge is 0.336 e. The molecule has 0 unspecified atom stereocenters. The van der Waals surface area contributed by atoms with Gasteiger partial charge in [0, 0.05) is 23.5 Å². The maximum Gasteiger partial charge on any atom is 0.254 e. The van der Waals surface area contributed by atoms with Crippen LogP contribution in [0, 0.1) is 5.82 Å². The van der Waals surface area contributed by atoms with Crippen LogP contribution in [-0.2, 0) is 0 Å². The van der Waals surface area contributed by atoms with E-state index >= 15 is 0 Å². The van der Waals surface area contributed by atoms with E-state index in [0.29, 0.717) is 15.4 Å². The zero-order chi connectivity index (χ0) is 13.2. The maximum atomic E-state index is 13.4. The molecule has 0 aromatic heterocycles. The summed E-state index contributed by atoms with van der Waals surface area (Å²) in [6, 6.07) is 4.39. The Morgan fingerprint density at radius 1 is 1.47 bits per heavy atom. The van der Waals surface area contributed by atoms with Crippen LogP contribution in [0.2, 0.25) is 0 Å². The third-order valence-corrected chi connectivity index (χ3v) is 4.72. The SMILES string of the molecule is CN(C(=O)c1ccc(Br)c(F)c1)C(C)(C)CBr. The number of carbonyl (C=O) groups excluding carboxylic acids is 1. The first-order valence-electron chi connectivity index (χ1n) is 5.09. The highest BCUT2D eigenvalue weighted by molar-refractivity contribution is 9.10. The lowest BCUT2D eigenvalue weighted by Crippen LogP contribution is -2.46. The molecule has 0 saturated heterocycles. The fourth-order valence-electron chi connectivity index (χ4n) is 1.19. The van der Waals surface area contributed by atoms with Crippen molar-refractivity contribution in [2.45, 2.75) is 19.4 Å². The number of alkyl halides is 1. The van der Waals surface area contributed by atoms with Gasteiger partial charge in [0.05, 0.1) is 4.47 Å².